The Labute approximate surface area is 128 Å². The number of thiophene rings is 1. The first-order valence-electron chi connectivity index (χ1n) is 6.90. The van der Waals surface area contributed by atoms with Gasteiger partial charge in [-0.15, -0.1) is 11.3 Å². The average molecular weight is 310 g/mol. The molecule has 0 spiro atoms. The SMILES string of the molecule is CCOC(C)(C)CNC(=O)c1sc2c(c(C)nn2C)c1N. The minimum atomic E-state index is -0.396. The van der Waals surface area contributed by atoms with Crippen molar-refractivity contribution in [3.63, 3.8) is 0 Å². The van der Waals surface area contributed by atoms with Gasteiger partial charge in [0.05, 0.1) is 22.4 Å². The molecule has 0 aliphatic rings. The number of aryl methyl sites for hydroxylation is 2. The molecule has 0 aliphatic heterocycles. The van der Waals surface area contributed by atoms with Crippen LogP contribution in [0.5, 0.6) is 0 Å². The molecule has 6 nitrogen and oxygen atoms in total. The summed E-state index contributed by atoms with van der Waals surface area (Å²) in [6, 6.07) is 0. The second-order valence-corrected chi connectivity index (χ2v) is 6.61. The zero-order valence-corrected chi connectivity index (χ0v) is 13.9. The van der Waals surface area contributed by atoms with Gasteiger partial charge in [-0.05, 0) is 27.7 Å². The first kappa shape index (κ1) is 15.8. The van der Waals surface area contributed by atoms with Gasteiger partial charge in [0.2, 0.25) is 0 Å². The van der Waals surface area contributed by atoms with Crippen molar-refractivity contribution in [2.75, 3.05) is 18.9 Å². The van der Waals surface area contributed by atoms with Gasteiger partial charge in [-0.2, -0.15) is 5.10 Å². The lowest BCUT2D eigenvalue weighted by atomic mass is 10.1. The molecule has 0 fully saturated rings. The van der Waals surface area contributed by atoms with Crippen LogP contribution in [0, 0.1) is 6.92 Å². The topological polar surface area (TPSA) is 82.2 Å². The largest absolute Gasteiger partial charge is 0.397 e. The molecule has 0 radical (unpaired) electrons. The molecule has 0 aromatic carbocycles. The molecule has 2 aromatic rings. The number of anilines is 1. The average Bonchev–Trinajstić information content (AvgIpc) is 2.87. The normalized spacial score (nSPS) is 12.0. The second kappa shape index (κ2) is 5.65. The molecule has 0 unspecified atom stereocenters. The summed E-state index contributed by atoms with van der Waals surface area (Å²) in [5.74, 6) is -0.166. The van der Waals surface area contributed by atoms with Crippen molar-refractivity contribution in [2.45, 2.75) is 33.3 Å². The summed E-state index contributed by atoms with van der Waals surface area (Å²) in [7, 11) is 1.85. The molecule has 0 bridgehead atoms. The molecule has 3 N–H and O–H groups in total. The molecule has 7 heteroatoms. The number of nitrogen functional groups attached to an aromatic ring is 1. The number of nitrogens with one attached hydrogen (secondary N) is 1. The van der Waals surface area contributed by atoms with Crippen molar-refractivity contribution in [3.05, 3.63) is 10.6 Å². The van der Waals surface area contributed by atoms with Gasteiger partial charge in [-0.3, -0.25) is 9.48 Å². The van der Waals surface area contributed by atoms with Crippen molar-refractivity contribution in [3.8, 4) is 0 Å². The van der Waals surface area contributed by atoms with Crippen LogP contribution >= 0.6 is 11.3 Å². The molecule has 21 heavy (non-hydrogen) atoms. The molecular formula is C14H22N4O2S. The Morgan fingerprint density at radius 2 is 2.19 bits per heavy atom. The van der Waals surface area contributed by atoms with Crippen LogP contribution in [-0.4, -0.2) is 34.4 Å². The predicted octanol–water partition coefficient (Wildman–Crippen LogP) is 2.07. The summed E-state index contributed by atoms with van der Waals surface area (Å²) < 4.78 is 7.33. The van der Waals surface area contributed by atoms with E-state index in [9.17, 15) is 4.79 Å². The van der Waals surface area contributed by atoms with Crippen molar-refractivity contribution in [1.82, 2.24) is 15.1 Å². The number of fused-ring (bicyclic) bond motifs is 1. The highest BCUT2D eigenvalue weighted by Gasteiger charge is 2.23. The Kier molecular flexibility index (Phi) is 4.25. The monoisotopic (exact) mass is 310 g/mol. The molecule has 2 heterocycles. The Morgan fingerprint density at radius 1 is 1.52 bits per heavy atom. The lowest BCUT2D eigenvalue weighted by Crippen LogP contribution is -2.40. The number of hydrogen-bond donors (Lipinski definition) is 2. The van der Waals surface area contributed by atoms with Crippen LogP contribution in [0.25, 0.3) is 10.2 Å². The molecule has 0 aliphatic carbocycles. The molecule has 0 saturated heterocycles. The molecule has 0 saturated carbocycles. The molecule has 2 aromatic heterocycles. The summed E-state index contributed by atoms with van der Waals surface area (Å²) in [6.07, 6.45) is 0. The summed E-state index contributed by atoms with van der Waals surface area (Å²) in [5.41, 5.74) is 7.07. The summed E-state index contributed by atoms with van der Waals surface area (Å²) >= 11 is 1.37. The molecule has 1 amide bonds. The van der Waals surface area contributed by atoms with Crippen LogP contribution in [0.2, 0.25) is 0 Å². The van der Waals surface area contributed by atoms with E-state index in [1.54, 1.807) is 4.68 Å². The lowest BCUT2D eigenvalue weighted by Gasteiger charge is -2.24. The van der Waals surface area contributed by atoms with E-state index in [1.807, 2.05) is 34.7 Å². The maximum Gasteiger partial charge on any atom is 0.263 e. The second-order valence-electron chi connectivity index (χ2n) is 5.61. The minimum absolute atomic E-state index is 0.166. The third-order valence-electron chi connectivity index (χ3n) is 3.30. The predicted molar refractivity (Wildman–Crippen MR) is 85.8 cm³/mol. The number of amides is 1. The van der Waals surface area contributed by atoms with E-state index >= 15 is 0 Å². The van der Waals surface area contributed by atoms with E-state index in [1.165, 1.54) is 11.3 Å². The first-order valence-corrected chi connectivity index (χ1v) is 7.72. The Hall–Kier alpha value is -1.60. The molecule has 116 valence electrons. The smallest absolute Gasteiger partial charge is 0.263 e. The van der Waals surface area contributed by atoms with Crippen LogP contribution < -0.4 is 11.1 Å². The third kappa shape index (κ3) is 3.03. The number of nitrogens with zero attached hydrogens (tertiary/aromatic N) is 2. The number of carbonyl (C=O) groups excluding carboxylic acids is 1. The number of hydrogen-bond acceptors (Lipinski definition) is 5. The zero-order valence-electron chi connectivity index (χ0n) is 13.1. The summed E-state index contributed by atoms with van der Waals surface area (Å²) in [5, 5.41) is 8.08. The number of nitrogens with two attached hydrogens (primary N) is 1. The fourth-order valence-electron chi connectivity index (χ4n) is 2.31. The van der Waals surface area contributed by atoms with E-state index < -0.39 is 5.60 Å². The highest BCUT2D eigenvalue weighted by atomic mass is 32.1. The quantitative estimate of drug-likeness (QED) is 0.885. The van der Waals surface area contributed by atoms with Gasteiger partial charge in [0, 0.05) is 20.2 Å². The van der Waals surface area contributed by atoms with Gasteiger partial charge in [0.25, 0.3) is 5.91 Å². The number of rotatable bonds is 5. The first-order chi connectivity index (χ1) is 9.76. The number of ether oxygens (including phenoxy) is 1. The maximum absolute atomic E-state index is 12.3. The van der Waals surface area contributed by atoms with Crippen LogP contribution in [-0.2, 0) is 11.8 Å². The van der Waals surface area contributed by atoms with Crippen LogP contribution in [0.15, 0.2) is 0 Å². The van der Waals surface area contributed by atoms with Gasteiger partial charge in [0.15, 0.2) is 0 Å². The fourth-order valence-corrected chi connectivity index (χ4v) is 3.42. The van der Waals surface area contributed by atoms with Crippen molar-refractivity contribution in [1.29, 1.82) is 0 Å². The minimum Gasteiger partial charge on any atom is -0.397 e. The lowest BCUT2D eigenvalue weighted by molar-refractivity contribution is -0.00812. The standard InChI is InChI=1S/C14H22N4O2S/c1-6-20-14(3,4)7-16-12(19)11-10(15)9-8(2)17-18(5)13(9)21-11/h6-7,15H2,1-5H3,(H,16,19). The van der Waals surface area contributed by atoms with E-state index in [4.69, 9.17) is 10.5 Å². The Balaban J connectivity index is 2.20. The molecular weight excluding hydrogens is 288 g/mol. The van der Waals surface area contributed by atoms with E-state index in [0.717, 1.165) is 15.9 Å². The fraction of sp³-hybridized carbons (Fsp3) is 0.571. The van der Waals surface area contributed by atoms with E-state index in [0.29, 0.717) is 23.7 Å². The van der Waals surface area contributed by atoms with Crippen LogP contribution in [0.3, 0.4) is 0 Å². The van der Waals surface area contributed by atoms with Crippen molar-refractivity contribution >= 4 is 33.1 Å². The Morgan fingerprint density at radius 3 is 2.76 bits per heavy atom. The highest BCUT2D eigenvalue weighted by molar-refractivity contribution is 7.21. The zero-order chi connectivity index (χ0) is 15.8. The van der Waals surface area contributed by atoms with E-state index in [-0.39, 0.29) is 5.91 Å². The number of carbonyl (C=O) groups is 1. The third-order valence-corrected chi connectivity index (χ3v) is 4.57. The van der Waals surface area contributed by atoms with Gasteiger partial charge in [-0.25, -0.2) is 0 Å². The van der Waals surface area contributed by atoms with Gasteiger partial charge in [-0.1, -0.05) is 0 Å². The molecule has 2 rings (SSSR count). The highest BCUT2D eigenvalue weighted by Crippen LogP contribution is 2.35. The molecule has 0 atom stereocenters. The van der Waals surface area contributed by atoms with Crippen molar-refractivity contribution < 1.29 is 9.53 Å². The summed E-state index contributed by atoms with van der Waals surface area (Å²) in [4.78, 5) is 13.8. The maximum atomic E-state index is 12.3. The van der Waals surface area contributed by atoms with Crippen LogP contribution in [0.4, 0.5) is 5.69 Å². The number of aromatic nitrogens is 2. The van der Waals surface area contributed by atoms with Crippen LogP contribution in [0.1, 0.15) is 36.1 Å². The van der Waals surface area contributed by atoms with Gasteiger partial charge in [0.1, 0.15) is 9.71 Å². The van der Waals surface area contributed by atoms with Gasteiger partial charge < -0.3 is 15.8 Å². The van der Waals surface area contributed by atoms with Crippen molar-refractivity contribution in [2.24, 2.45) is 7.05 Å². The van der Waals surface area contributed by atoms with E-state index in [2.05, 4.69) is 10.4 Å². The Bertz CT molecular complexity index is 672. The summed E-state index contributed by atoms with van der Waals surface area (Å²) in [6.45, 7) is 8.76. The van der Waals surface area contributed by atoms with Gasteiger partial charge >= 0.3 is 0 Å².